The number of likely N-dealkylation sites (tertiary alicyclic amines) is 1. The predicted octanol–water partition coefficient (Wildman–Crippen LogP) is 3.71. The van der Waals surface area contributed by atoms with Crippen LogP contribution in [0.1, 0.15) is 56.1 Å². The Balaban J connectivity index is 1.62. The van der Waals surface area contributed by atoms with Gasteiger partial charge in [0.05, 0.1) is 6.04 Å². The number of furan rings is 1. The molecule has 3 rings (SSSR count). The molecule has 1 aliphatic heterocycles. The molecule has 1 saturated heterocycles. The molecular weight excluding hydrogens is 290 g/mol. The Bertz CT molecular complexity index is 618. The van der Waals surface area contributed by atoms with Crippen LogP contribution < -0.4 is 0 Å². The quantitative estimate of drug-likeness (QED) is 0.845. The summed E-state index contributed by atoms with van der Waals surface area (Å²) in [5, 5.41) is 4.18. The number of hydrogen-bond donors (Lipinski definition) is 0. The van der Waals surface area contributed by atoms with Crippen LogP contribution >= 0.6 is 0 Å². The minimum atomic E-state index is 0.100. The van der Waals surface area contributed by atoms with Gasteiger partial charge in [-0.25, -0.2) is 0 Å². The normalized spacial score (nSPS) is 18.8. The van der Waals surface area contributed by atoms with Crippen LogP contribution in [0.25, 0.3) is 0 Å². The fraction of sp³-hybridized carbons (Fsp3) is 0.556. The summed E-state index contributed by atoms with van der Waals surface area (Å²) in [4.78, 5) is 14.8. The van der Waals surface area contributed by atoms with E-state index in [9.17, 15) is 4.79 Å². The van der Waals surface area contributed by atoms with E-state index in [0.717, 1.165) is 50.3 Å². The number of carbonyl (C=O) groups excluding carboxylic acids is 1. The SMILES string of the molecule is Cc1ccc([C@H]2CCCCCN2C(=O)CCCn2cccn2)o1. The summed E-state index contributed by atoms with van der Waals surface area (Å²) in [6.45, 7) is 3.58. The molecule has 124 valence electrons. The summed E-state index contributed by atoms with van der Waals surface area (Å²) in [7, 11) is 0. The van der Waals surface area contributed by atoms with Crippen molar-refractivity contribution in [3.63, 3.8) is 0 Å². The lowest BCUT2D eigenvalue weighted by Gasteiger charge is -2.28. The van der Waals surface area contributed by atoms with E-state index in [-0.39, 0.29) is 11.9 Å². The Morgan fingerprint density at radius 3 is 3.00 bits per heavy atom. The van der Waals surface area contributed by atoms with Crippen molar-refractivity contribution >= 4 is 5.91 Å². The van der Waals surface area contributed by atoms with Gasteiger partial charge in [-0.3, -0.25) is 9.48 Å². The fourth-order valence-corrected chi connectivity index (χ4v) is 3.30. The minimum Gasteiger partial charge on any atom is -0.464 e. The molecule has 1 atom stereocenters. The molecular formula is C18H25N3O2. The van der Waals surface area contributed by atoms with Gasteiger partial charge in [-0.05, 0) is 44.4 Å². The number of hydrogen-bond acceptors (Lipinski definition) is 3. The lowest BCUT2D eigenvalue weighted by Crippen LogP contribution is -2.34. The van der Waals surface area contributed by atoms with Crippen molar-refractivity contribution in [1.82, 2.24) is 14.7 Å². The van der Waals surface area contributed by atoms with Gasteiger partial charge >= 0.3 is 0 Å². The molecule has 2 aromatic heterocycles. The van der Waals surface area contributed by atoms with Crippen molar-refractivity contribution in [2.45, 2.75) is 58.0 Å². The Morgan fingerprint density at radius 1 is 1.35 bits per heavy atom. The third-order valence-corrected chi connectivity index (χ3v) is 4.50. The van der Waals surface area contributed by atoms with E-state index in [4.69, 9.17) is 4.42 Å². The van der Waals surface area contributed by atoms with Gasteiger partial charge < -0.3 is 9.32 Å². The van der Waals surface area contributed by atoms with Crippen molar-refractivity contribution in [2.75, 3.05) is 6.54 Å². The predicted molar refractivity (Wildman–Crippen MR) is 87.8 cm³/mol. The third-order valence-electron chi connectivity index (χ3n) is 4.50. The van der Waals surface area contributed by atoms with Crippen LogP contribution in [0.3, 0.4) is 0 Å². The topological polar surface area (TPSA) is 51.3 Å². The Labute approximate surface area is 137 Å². The molecule has 0 N–H and O–H groups in total. The van der Waals surface area contributed by atoms with Crippen LogP contribution in [-0.2, 0) is 11.3 Å². The second-order valence-corrected chi connectivity index (χ2v) is 6.27. The molecule has 1 fully saturated rings. The van der Waals surface area contributed by atoms with Crippen molar-refractivity contribution in [3.8, 4) is 0 Å². The average Bonchev–Trinajstić information content (AvgIpc) is 3.14. The summed E-state index contributed by atoms with van der Waals surface area (Å²) in [6.07, 6.45) is 9.52. The van der Waals surface area contributed by atoms with Crippen LogP contribution in [0.5, 0.6) is 0 Å². The highest BCUT2D eigenvalue weighted by atomic mass is 16.3. The van der Waals surface area contributed by atoms with Crippen molar-refractivity contribution in [3.05, 3.63) is 42.1 Å². The summed E-state index contributed by atoms with van der Waals surface area (Å²) in [5.41, 5.74) is 0. The monoisotopic (exact) mass is 315 g/mol. The van der Waals surface area contributed by atoms with Crippen LogP contribution in [0.15, 0.2) is 35.0 Å². The molecule has 1 aliphatic rings. The zero-order chi connectivity index (χ0) is 16.1. The first kappa shape index (κ1) is 15.8. The third kappa shape index (κ3) is 4.03. The van der Waals surface area contributed by atoms with Crippen molar-refractivity contribution < 1.29 is 9.21 Å². The maximum atomic E-state index is 12.7. The zero-order valence-electron chi connectivity index (χ0n) is 13.8. The summed E-state index contributed by atoms with van der Waals surface area (Å²) < 4.78 is 7.69. The molecule has 0 radical (unpaired) electrons. The molecule has 3 heterocycles. The van der Waals surface area contributed by atoms with Crippen LogP contribution in [0.2, 0.25) is 0 Å². The highest BCUT2D eigenvalue weighted by molar-refractivity contribution is 5.76. The molecule has 1 amide bonds. The number of carbonyl (C=O) groups is 1. The van der Waals surface area contributed by atoms with Gasteiger partial charge in [-0.1, -0.05) is 12.8 Å². The maximum Gasteiger partial charge on any atom is 0.223 e. The maximum absolute atomic E-state index is 12.7. The molecule has 5 nitrogen and oxygen atoms in total. The molecule has 0 spiro atoms. The first-order valence-corrected chi connectivity index (χ1v) is 8.57. The van der Waals surface area contributed by atoms with E-state index < -0.39 is 0 Å². The molecule has 2 aromatic rings. The first-order valence-electron chi connectivity index (χ1n) is 8.57. The Hall–Kier alpha value is -2.04. The van der Waals surface area contributed by atoms with Gasteiger partial charge in [-0.2, -0.15) is 5.10 Å². The largest absolute Gasteiger partial charge is 0.464 e. The van der Waals surface area contributed by atoms with E-state index in [1.807, 2.05) is 40.9 Å². The molecule has 0 aliphatic carbocycles. The highest BCUT2D eigenvalue weighted by Crippen LogP contribution is 2.31. The summed E-state index contributed by atoms with van der Waals surface area (Å²) >= 11 is 0. The second kappa shape index (κ2) is 7.49. The molecule has 0 bridgehead atoms. The van der Waals surface area contributed by atoms with E-state index >= 15 is 0 Å². The first-order chi connectivity index (χ1) is 11.2. The fourth-order valence-electron chi connectivity index (χ4n) is 3.30. The van der Waals surface area contributed by atoms with Crippen LogP contribution in [-0.4, -0.2) is 27.1 Å². The van der Waals surface area contributed by atoms with Gasteiger partial charge in [0.15, 0.2) is 0 Å². The van der Waals surface area contributed by atoms with E-state index in [2.05, 4.69) is 5.10 Å². The average molecular weight is 315 g/mol. The van der Waals surface area contributed by atoms with Crippen molar-refractivity contribution in [1.29, 1.82) is 0 Å². The van der Waals surface area contributed by atoms with Gasteiger partial charge in [0.25, 0.3) is 0 Å². The van der Waals surface area contributed by atoms with Crippen LogP contribution in [0.4, 0.5) is 0 Å². The highest BCUT2D eigenvalue weighted by Gasteiger charge is 2.28. The number of aryl methyl sites for hydroxylation is 2. The van der Waals surface area contributed by atoms with Crippen LogP contribution in [0, 0.1) is 6.92 Å². The number of aromatic nitrogens is 2. The summed E-state index contributed by atoms with van der Waals surface area (Å²) in [6, 6.07) is 6.02. The molecule has 5 heteroatoms. The number of amides is 1. The minimum absolute atomic E-state index is 0.100. The molecule has 0 aromatic carbocycles. The lowest BCUT2D eigenvalue weighted by atomic mass is 10.1. The second-order valence-electron chi connectivity index (χ2n) is 6.27. The van der Waals surface area contributed by atoms with E-state index in [1.165, 1.54) is 6.42 Å². The van der Waals surface area contributed by atoms with E-state index in [1.54, 1.807) is 6.20 Å². The molecule has 23 heavy (non-hydrogen) atoms. The van der Waals surface area contributed by atoms with E-state index in [0.29, 0.717) is 6.42 Å². The lowest BCUT2D eigenvalue weighted by molar-refractivity contribution is -0.134. The summed E-state index contributed by atoms with van der Waals surface area (Å²) in [5.74, 6) is 2.08. The molecule has 0 unspecified atom stereocenters. The standard InChI is InChI=1S/C18H25N3O2/c1-15-9-10-17(23-15)16-7-3-2-4-14-21(16)18(22)8-5-12-20-13-6-11-19-20/h6,9-11,13,16H,2-5,7-8,12,14H2,1H3/t16-/m1/s1. The van der Waals surface area contributed by atoms with Gasteiger partial charge in [0, 0.05) is 31.9 Å². The molecule has 0 saturated carbocycles. The van der Waals surface area contributed by atoms with Crippen molar-refractivity contribution in [2.24, 2.45) is 0 Å². The number of rotatable bonds is 5. The Morgan fingerprint density at radius 2 is 2.26 bits per heavy atom. The smallest absolute Gasteiger partial charge is 0.223 e. The number of nitrogens with zero attached hydrogens (tertiary/aromatic N) is 3. The Kier molecular flexibility index (Phi) is 5.16. The van der Waals surface area contributed by atoms with Gasteiger partial charge in [-0.15, -0.1) is 0 Å². The zero-order valence-corrected chi connectivity index (χ0v) is 13.8. The van der Waals surface area contributed by atoms with Gasteiger partial charge in [0.1, 0.15) is 11.5 Å². The van der Waals surface area contributed by atoms with Gasteiger partial charge in [0.2, 0.25) is 5.91 Å².